The Morgan fingerprint density at radius 1 is 0.967 bits per heavy atom. The standard InChI is InChI=1S/C21H21FN4O4/c1-28-18-9-7-16(13-19(18)29-2)24-21(27)23-11-12-30-20-10-8-17(25-26-20)14-3-5-15(22)6-4-14/h3-10,13H,11-12H2,1-2H3,(H2,23,24,27). The Hall–Kier alpha value is -3.88. The molecule has 0 atom stereocenters. The van der Waals surface area contributed by atoms with E-state index < -0.39 is 0 Å². The maximum absolute atomic E-state index is 13.0. The van der Waals surface area contributed by atoms with Gasteiger partial charge >= 0.3 is 6.03 Å². The summed E-state index contributed by atoms with van der Waals surface area (Å²) >= 11 is 0. The van der Waals surface area contributed by atoms with Crippen molar-refractivity contribution in [3.05, 3.63) is 60.4 Å². The first-order valence-corrected chi connectivity index (χ1v) is 9.08. The Labute approximate surface area is 173 Å². The summed E-state index contributed by atoms with van der Waals surface area (Å²) in [5.74, 6) is 1.10. The third-order valence-electron chi connectivity index (χ3n) is 4.06. The number of rotatable bonds is 8. The average molecular weight is 412 g/mol. The van der Waals surface area contributed by atoms with E-state index in [0.717, 1.165) is 5.56 Å². The predicted octanol–water partition coefficient (Wildman–Crippen LogP) is 3.50. The molecule has 0 radical (unpaired) electrons. The highest BCUT2D eigenvalue weighted by atomic mass is 19.1. The summed E-state index contributed by atoms with van der Waals surface area (Å²) in [7, 11) is 3.06. The number of carbonyl (C=O) groups is 1. The molecule has 0 saturated carbocycles. The second kappa shape index (κ2) is 10.1. The number of halogens is 1. The highest BCUT2D eigenvalue weighted by Crippen LogP contribution is 2.29. The van der Waals surface area contributed by atoms with E-state index in [1.54, 1.807) is 49.6 Å². The minimum atomic E-state index is -0.386. The summed E-state index contributed by atoms with van der Waals surface area (Å²) in [6, 6.07) is 14.0. The van der Waals surface area contributed by atoms with Crippen molar-refractivity contribution in [2.75, 3.05) is 32.7 Å². The Balaban J connectivity index is 1.43. The van der Waals surface area contributed by atoms with E-state index in [-0.39, 0.29) is 25.0 Å². The number of benzene rings is 2. The summed E-state index contributed by atoms with van der Waals surface area (Å²) in [6.07, 6.45) is 0. The molecule has 0 bridgehead atoms. The largest absolute Gasteiger partial charge is 0.493 e. The normalized spacial score (nSPS) is 10.2. The fraction of sp³-hybridized carbons (Fsp3) is 0.190. The highest BCUT2D eigenvalue weighted by molar-refractivity contribution is 5.89. The van der Waals surface area contributed by atoms with Crippen LogP contribution in [0.3, 0.4) is 0 Å². The number of nitrogens with zero attached hydrogens (tertiary/aromatic N) is 2. The van der Waals surface area contributed by atoms with Crippen LogP contribution >= 0.6 is 0 Å². The zero-order valence-corrected chi connectivity index (χ0v) is 16.5. The predicted molar refractivity (Wildman–Crippen MR) is 109 cm³/mol. The van der Waals surface area contributed by atoms with Gasteiger partial charge in [-0.2, -0.15) is 0 Å². The fourth-order valence-electron chi connectivity index (χ4n) is 2.58. The third-order valence-corrected chi connectivity index (χ3v) is 4.06. The number of carbonyl (C=O) groups excluding carboxylic acids is 1. The molecule has 0 unspecified atom stereocenters. The lowest BCUT2D eigenvalue weighted by molar-refractivity contribution is 0.246. The van der Waals surface area contributed by atoms with Crippen LogP contribution in [0.25, 0.3) is 11.3 Å². The van der Waals surface area contributed by atoms with Crippen LogP contribution in [0.2, 0.25) is 0 Å². The molecule has 0 saturated heterocycles. The molecule has 0 spiro atoms. The molecule has 30 heavy (non-hydrogen) atoms. The summed E-state index contributed by atoms with van der Waals surface area (Å²) in [6.45, 7) is 0.477. The van der Waals surface area contributed by atoms with Crippen molar-refractivity contribution >= 4 is 11.7 Å². The lowest BCUT2D eigenvalue weighted by Crippen LogP contribution is -2.32. The SMILES string of the molecule is COc1ccc(NC(=O)NCCOc2ccc(-c3ccc(F)cc3)nn2)cc1OC. The molecule has 2 N–H and O–H groups in total. The van der Waals surface area contributed by atoms with Gasteiger partial charge in [0, 0.05) is 23.4 Å². The molecular weight excluding hydrogens is 391 g/mol. The number of amides is 2. The van der Waals surface area contributed by atoms with E-state index in [9.17, 15) is 9.18 Å². The molecule has 2 aromatic carbocycles. The molecule has 0 aliphatic rings. The van der Waals surface area contributed by atoms with Crippen molar-refractivity contribution in [3.8, 4) is 28.6 Å². The summed E-state index contributed by atoms with van der Waals surface area (Å²) in [5, 5.41) is 13.4. The summed E-state index contributed by atoms with van der Waals surface area (Å²) < 4.78 is 28.8. The highest BCUT2D eigenvalue weighted by Gasteiger charge is 2.07. The van der Waals surface area contributed by atoms with Gasteiger partial charge in [-0.1, -0.05) is 0 Å². The first-order valence-electron chi connectivity index (χ1n) is 9.08. The van der Waals surface area contributed by atoms with Gasteiger partial charge in [0.1, 0.15) is 12.4 Å². The molecule has 9 heteroatoms. The van der Waals surface area contributed by atoms with E-state index in [4.69, 9.17) is 14.2 Å². The van der Waals surface area contributed by atoms with Crippen LogP contribution in [0, 0.1) is 5.82 Å². The molecule has 1 heterocycles. The number of methoxy groups -OCH3 is 2. The number of nitrogens with one attached hydrogen (secondary N) is 2. The van der Waals surface area contributed by atoms with Crippen molar-refractivity contribution in [1.82, 2.24) is 15.5 Å². The molecule has 8 nitrogen and oxygen atoms in total. The number of aromatic nitrogens is 2. The second-order valence-electron chi connectivity index (χ2n) is 6.06. The van der Waals surface area contributed by atoms with Gasteiger partial charge < -0.3 is 24.8 Å². The Kier molecular flexibility index (Phi) is 6.99. The van der Waals surface area contributed by atoms with Crippen LogP contribution < -0.4 is 24.8 Å². The van der Waals surface area contributed by atoms with Crippen molar-refractivity contribution in [2.45, 2.75) is 0 Å². The van der Waals surface area contributed by atoms with Crippen LogP contribution in [0.5, 0.6) is 17.4 Å². The average Bonchev–Trinajstić information content (AvgIpc) is 2.77. The molecule has 0 aliphatic heterocycles. The maximum Gasteiger partial charge on any atom is 0.319 e. The van der Waals surface area contributed by atoms with Crippen molar-refractivity contribution in [2.24, 2.45) is 0 Å². The van der Waals surface area contributed by atoms with Gasteiger partial charge in [-0.15, -0.1) is 10.2 Å². The fourth-order valence-corrected chi connectivity index (χ4v) is 2.58. The first kappa shape index (κ1) is 20.8. The topological polar surface area (TPSA) is 94.6 Å². The lowest BCUT2D eigenvalue weighted by Gasteiger charge is -2.11. The lowest BCUT2D eigenvalue weighted by atomic mass is 10.1. The van der Waals surface area contributed by atoms with Gasteiger partial charge in [0.05, 0.1) is 26.5 Å². The quantitative estimate of drug-likeness (QED) is 0.550. The number of hydrogen-bond donors (Lipinski definition) is 2. The second-order valence-corrected chi connectivity index (χ2v) is 6.06. The van der Waals surface area contributed by atoms with Gasteiger partial charge in [0.15, 0.2) is 11.5 Å². The van der Waals surface area contributed by atoms with Crippen molar-refractivity contribution < 1.29 is 23.4 Å². The van der Waals surface area contributed by atoms with Crippen LogP contribution in [0.15, 0.2) is 54.6 Å². The molecule has 0 aliphatic carbocycles. The number of anilines is 1. The van der Waals surface area contributed by atoms with Gasteiger partial charge in [0.2, 0.25) is 5.88 Å². The van der Waals surface area contributed by atoms with Crippen LogP contribution in [-0.2, 0) is 0 Å². The molecule has 1 aromatic heterocycles. The minimum absolute atomic E-state index is 0.212. The van der Waals surface area contributed by atoms with E-state index >= 15 is 0 Å². The van der Waals surface area contributed by atoms with Gasteiger partial charge in [-0.3, -0.25) is 0 Å². The zero-order valence-electron chi connectivity index (χ0n) is 16.5. The molecular formula is C21H21FN4O4. The smallest absolute Gasteiger partial charge is 0.319 e. The van der Waals surface area contributed by atoms with E-state index in [2.05, 4.69) is 20.8 Å². The van der Waals surface area contributed by atoms with Crippen LogP contribution in [0.4, 0.5) is 14.9 Å². The minimum Gasteiger partial charge on any atom is -0.493 e. The van der Waals surface area contributed by atoms with Crippen LogP contribution in [0.1, 0.15) is 0 Å². The van der Waals surface area contributed by atoms with Crippen LogP contribution in [-0.4, -0.2) is 43.6 Å². The Morgan fingerprint density at radius 2 is 1.73 bits per heavy atom. The van der Waals surface area contributed by atoms with E-state index in [1.807, 2.05) is 0 Å². The molecule has 3 rings (SSSR count). The summed E-state index contributed by atoms with van der Waals surface area (Å²) in [5.41, 5.74) is 1.92. The number of ether oxygens (including phenoxy) is 3. The molecule has 3 aromatic rings. The zero-order chi connectivity index (χ0) is 21.3. The van der Waals surface area contributed by atoms with Crippen molar-refractivity contribution in [1.29, 1.82) is 0 Å². The monoisotopic (exact) mass is 412 g/mol. The Bertz CT molecular complexity index is 981. The van der Waals surface area contributed by atoms with E-state index in [1.165, 1.54) is 19.2 Å². The van der Waals surface area contributed by atoms with Crippen molar-refractivity contribution in [3.63, 3.8) is 0 Å². The first-order chi connectivity index (χ1) is 14.6. The third kappa shape index (κ3) is 5.57. The van der Waals surface area contributed by atoms with E-state index in [0.29, 0.717) is 28.8 Å². The van der Waals surface area contributed by atoms with Gasteiger partial charge in [0.25, 0.3) is 0 Å². The van der Waals surface area contributed by atoms with Gasteiger partial charge in [-0.25, -0.2) is 9.18 Å². The number of urea groups is 1. The maximum atomic E-state index is 13.0. The number of hydrogen-bond acceptors (Lipinski definition) is 6. The Morgan fingerprint density at radius 3 is 2.40 bits per heavy atom. The van der Waals surface area contributed by atoms with Gasteiger partial charge in [-0.05, 0) is 42.5 Å². The summed E-state index contributed by atoms with van der Waals surface area (Å²) in [4.78, 5) is 12.0. The molecule has 0 fully saturated rings. The molecule has 156 valence electrons. The molecule has 2 amide bonds.